The lowest BCUT2D eigenvalue weighted by atomic mass is 10.1. The molecule has 0 aliphatic rings. The molecule has 0 saturated heterocycles. The zero-order valence-electron chi connectivity index (χ0n) is 15.2. The summed E-state index contributed by atoms with van der Waals surface area (Å²) in [6.45, 7) is 1.48. The summed E-state index contributed by atoms with van der Waals surface area (Å²) >= 11 is 11.9. The Hall–Kier alpha value is -3.36. The number of hydrogen-bond acceptors (Lipinski definition) is 7. The molecule has 3 rings (SSSR count). The summed E-state index contributed by atoms with van der Waals surface area (Å²) in [5, 5.41) is 3.65. The van der Waals surface area contributed by atoms with Crippen molar-refractivity contribution < 1.29 is 9.59 Å². The van der Waals surface area contributed by atoms with Crippen molar-refractivity contribution in [3.8, 4) is 0 Å². The number of aromatic nitrogens is 2. The lowest BCUT2D eigenvalue weighted by Crippen LogP contribution is -2.30. The molecular formula is C19H16Cl2N6O2. The van der Waals surface area contributed by atoms with Crippen LogP contribution in [0.4, 0.5) is 23.0 Å². The number of carbonyl (C=O) groups is 2. The summed E-state index contributed by atoms with van der Waals surface area (Å²) in [5.74, 6) is -0.0609. The minimum absolute atomic E-state index is 0.0600. The van der Waals surface area contributed by atoms with Crippen LogP contribution in [0.5, 0.6) is 0 Å². The maximum Gasteiger partial charge on any atom is 0.271 e. The van der Waals surface area contributed by atoms with Gasteiger partial charge in [-0.3, -0.25) is 20.4 Å². The van der Waals surface area contributed by atoms with E-state index in [0.717, 1.165) is 0 Å². The van der Waals surface area contributed by atoms with Crippen LogP contribution in [0.3, 0.4) is 0 Å². The Labute approximate surface area is 176 Å². The van der Waals surface area contributed by atoms with Crippen LogP contribution in [-0.4, -0.2) is 21.7 Å². The topological polar surface area (TPSA) is 122 Å². The first-order valence-electron chi connectivity index (χ1n) is 8.35. The van der Waals surface area contributed by atoms with E-state index in [2.05, 4.69) is 26.1 Å². The highest BCUT2D eigenvalue weighted by atomic mass is 35.5. The van der Waals surface area contributed by atoms with E-state index in [1.54, 1.807) is 30.3 Å². The van der Waals surface area contributed by atoms with Crippen LogP contribution in [0, 0.1) is 0 Å². The van der Waals surface area contributed by atoms with Crippen LogP contribution in [0.15, 0.2) is 48.8 Å². The first-order valence-corrected chi connectivity index (χ1v) is 9.10. The SMILES string of the molecule is CC(=O)c1cccc(Nc2ncnc(NNC(=O)c3ccc(Cl)cc3Cl)c2N)c1. The van der Waals surface area contributed by atoms with E-state index in [1.807, 2.05) is 0 Å². The minimum atomic E-state index is -0.492. The van der Waals surface area contributed by atoms with E-state index in [0.29, 0.717) is 22.1 Å². The number of amides is 1. The fourth-order valence-electron chi connectivity index (χ4n) is 2.40. The van der Waals surface area contributed by atoms with Crippen molar-refractivity contribution in [2.24, 2.45) is 0 Å². The number of nitrogens with zero attached hydrogens (tertiary/aromatic N) is 2. The van der Waals surface area contributed by atoms with Gasteiger partial charge in [0.2, 0.25) is 0 Å². The monoisotopic (exact) mass is 430 g/mol. The van der Waals surface area contributed by atoms with Gasteiger partial charge in [0.1, 0.15) is 12.0 Å². The summed E-state index contributed by atoms with van der Waals surface area (Å²) in [5.41, 5.74) is 12.8. The van der Waals surface area contributed by atoms with Gasteiger partial charge < -0.3 is 11.1 Å². The molecule has 0 radical (unpaired) electrons. The highest BCUT2D eigenvalue weighted by Crippen LogP contribution is 2.26. The Bertz CT molecular complexity index is 1090. The second-order valence-corrected chi connectivity index (χ2v) is 6.79. The molecule has 0 atom stereocenters. The number of halogens is 2. The maximum atomic E-state index is 12.3. The summed E-state index contributed by atoms with van der Waals surface area (Å²) < 4.78 is 0. The molecule has 1 amide bonds. The van der Waals surface area contributed by atoms with Gasteiger partial charge in [-0.15, -0.1) is 0 Å². The number of carbonyl (C=O) groups excluding carboxylic acids is 2. The number of nitrogen functional groups attached to an aromatic ring is 1. The van der Waals surface area contributed by atoms with Gasteiger partial charge in [0, 0.05) is 16.3 Å². The molecule has 0 fully saturated rings. The van der Waals surface area contributed by atoms with Crippen molar-refractivity contribution in [1.29, 1.82) is 0 Å². The molecule has 10 heteroatoms. The average molecular weight is 431 g/mol. The Kier molecular flexibility index (Phi) is 6.16. The third-order valence-electron chi connectivity index (χ3n) is 3.89. The van der Waals surface area contributed by atoms with Crippen molar-refractivity contribution in [3.63, 3.8) is 0 Å². The normalized spacial score (nSPS) is 10.3. The number of Topliss-reactive ketones (excluding diaryl/α,β-unsaturated/α-hetero) is 1. The molecule has 0 saturated carbocycles. The van der Waals surface area contributed by atoms with Crippen LogP contribution in [0.2, 0.25) is 10.0 Å². The summed E-state index contributed by atoms with van der Waals surface area (Å²) in [6, 6.07) is 11.4. The second kappa shape index (κ2) is 8.76. The molecule has 0 unspecified atom stereocenters. The standard InChI is InChI=1S/C19H16Cl2N6O2/c1-10(28)11-3-2-4-13(7-11)25-17-16(22)18(24-9-23-17)26-27-19(29)14-6-5-12(20)8-15(14)21/h2-9H,22H2,1H3,(H,27,29)(H2,23,24,25,26). The second-order valence-electron chi connectivity index (χ2n) is 5.95. The van der Waals surface area contributed by atoms with E-state index in [-0.39, 0.29) is 27.9 Å². The van der Waals surface area contributed by atoms with Crippen LogP contribution in [0.25, 0.3) is 0 Å². The van der Waals surface area contributed by atoms with E-state index >= 15 is 0 Å². The number of nitrogens with two attached hydrogens (primary N) is 1. The summed E-state index contributed by atoms with van der Waals surface area (Å²) in [6.07, 6.45) is 1.28. The molecule has 0 aliphatic carbocycles. The Morgan fingerprint density at radius 2 is 1.79 bits per heavy atom. The van der Waals surface area contributed by atoms with Crippen molar-refractivity contribution in [2.45, 2.75) is 6.92 Å². The van der Waals surface area contributed by atoms with Gasteiger partial charge in [0.05, 0.1) is 10.6 Å². The summed E-state index contributed by atoms with van der Waals surface area (Å²) in [7, 11) is 0. The van der Waals surface area contributed by atoms with E-state index in [4.69, 9.17) is 28.9 Å². The van der Waals surface area contributed by atoms with Crippen molar-refractivity contribution in [2.75, 3.05) is 16.5 Å². The van der Waals surface area contributed by atoms with Crippen LogP contribution in [0.1, 0.15) is 27.6 Å². The fourth-order valence-corrected chi connectivity index (χ4v) is 2.90. The number of nitrogens with one attached hydrogen (secondary N) is 3. The number of anilines is 4. The third kappa shape index (κ3) is 4.92. The summed E-state index contributed by atoms with van der Waals surface area (Å²) in [4.78, 5) is 32.0. The smallest absolute Gasteiger partial charge is 0.271 e. The molecule has 1 heterocycles. The molecule has 0 bridgehead atoms. The van der Waals surface area contributed by atoms with E-state index < -0.39 is 5.91 Å². The highest BCUT2D eigenvalue weighted by Gasteiger charge is 2.13. The van der Waals surface area contributed by atoms with Gasteiger partial charge in [0.25, 0.3) is 5.91 Å². The zero-order chi connectivity index (χ0) is 21.0. The maximum absolute atomic E-state index is 12.3. The number of benzene rings is 2. The van der Waals surface area contributed by atoms with Gasteiger partial charge in [-0.05, 0) is 37.3 Å². The Morgan fingerprint density at radius 3 is 2.52 bits per heavy atom. The number of hydrazine groups is 1. The largest absolute Gasteiger partial charge is 0.393 e. The van der Waals surface area contributed by atoms with Crippen molar-refractivity contribution >= 4 is 57.9 Å². The molecule has 1 aromatic heterocycles. The predicted molar refractivity (Wildman–Crippen MR) is 114 cm³/mol. The number of ketones is 1. The first kappa shape index (κ1) is 20.4. The Morgan fingerprint density at radius 1 is 1.03 bits per heavy atom. The van der Waals surface area contributed by atoms with Gasteiger partial charge >= 0.3 is 0 Å². The Balaban J connectivity index is 1.74. The number of hydrogen-bond donors (Lipinski definition) is 4. The quantitative estimate of drug-likeness (QED) is 0.343. The number of rotatable bonds is 6. The first-order chi connectivity index (χ1) is 13.8. The molecular weight excluding hydrogens is 415 g/mol. The molecule has 29 heavy (non-hydrogen) atoms. The minimum Gasteiger partial charge on any atom is -0.393 e. The molecule has 5 N–H and O–H groups in total. The molecule has 0 aliphatic heterocycles. The average Bonchev–Trinajstić information content (AvgIpc) is 2.68. The highest BCUT2D eigenvalue weighted by molar-refractivity contribution is 6.36. The van der Waals surface area contributed by atoms with Gasteiger partial charge in [-0.25, -0.2) is 9.97 Å². The predicted octanol–water partition coefficient (Wildman–Crippen LogP) is 4.07. The van der Waals surface area contributed by atoms with Gasteiger partial charge in [-0.2, -0.15) is 0 Å². The van der Waals surface area contributed by atoms with E-state index in [9.17, 15) is 9.59 Å². The molecule has 148 valence electrons. The molecule has 0 spiro atoms. The lowest BCUT2D eigenvalue weighted by Gasteiger charge is -2.14. The van der Waals surface area contributed by atoms with Crippen molar-refractivity contribution in [3.05, 3.63) is 70.0 Å². The zero-order valence-corrected chi connectivity index (χ0v) is 16.7. The van der Waals surface area contributed by atoms with Crippen LogP contribution >= 0.6 is 23.2 Å². The van der Waals surface area contributed by atoms with Crippen molar-refractivity contribution in [1.82, 2.24) is 15.4 Å². The fraction of sp³-hybridized carbons (Fsp3) is 0.0526. The van der Waals surface area contributed by atoms with E-state index in [1.165, 1.54) is 25.4 Å². The van der Waals surface area contributed by atoms with Gasteiger partial charge in [-0.1, -0.05) is 35.3 Å². The molecule has 3 aromatic rings. The van der Waals surface area contributed by atoms with Gasteiger partial charge in [0.15, 0.2) is 17.4 Å². The molecule has 8 nitrogen and oxygen atoms in total. The lowest BCUT2D eigenvalue weighted by molar-refractivity contribution is 0.0961. The molecule has 2 aromatic carbocycles. The van der Waals surface area contributed by atoms with Crippen LogP contribution in [-0.2, 0) is 0 Å². The van der Waals surface area contributed by atoms with Crippen LogP contribution < -0.4 is 21.9 Å². The third-order valence-corrected chi connectivity index (χ3v) is 4.43.